The summed E-state index contributed by atoms with van der Waals surface area (Å²) in [5.74, 6) is -2.40. The van der Waals surface area contributed by atoms with Crippen molar-refractivity contribution in [2.75, 3.05) is 0 Å². The Labute approximate surface area is 59.6 Å². The highest BCUT2D eigenvalue weighted by Crippen LogP contribution is 2.39. The molecule has 0 aromatic rings. The van der Waals surface area contributed by atoms with Crippen molar-refractivity contribution in [3.05, 3.63) is 0 Å². The van der Waals surface area contributed by atoms with Gasteiger partial charge in [-0.2, -0.15) is 0 Å². The molecule has 0 aromatic heterocycles. The van der Waals surface area contributed by atoms with Gasteiger partial charge in [0.2, 0.25) is 5.92 Å². The molecule has 60 valence electrons. The molecule has 1 nitrogen and oxygen atoms in total. The van der Waals surface area contributed by atoms with Gasteiger partial charge in [0.05, 0.1) is 0 Å². The molecule has 0 saturated heterocycles. The van der Waals surface area contributed by atoms with E-state index in [0.29, 0.717) is 6.42 Å². The maximum Gasteiger partial charge on any atom is 0.248 e. The van der Waals surface area contributed by atoms with E-state index in [1.807, 2.05) is 0 Å². The summed E-state index contributed by atoms with van der Waals surface area (Å²) < 4.78 is 25.0. The van der Waals surface area contributed by atoms with Gasteiger partial charge in [0.1, 0.15) is 0 Å². The smallest absolute Gasteiger partial charge is 0.248 e. The van der Waals surface area contributed by atoms with Gasteiger partial charge in [-0.05, 0) is 19.3 Å². The first-order chi connectivity index (χ1) is 4.51. The van der Waals surface area contributed by atoms with E-state index in [4.69, 9.17) is 5.73 Å². The molecule has 1 aliphatic carbocycles. The molecule has 1 saturated carbocycles. The minimum atomic E-state index is -2.43. The molecule has 0 bridgehead atoms. The van der Waals surface area contributed by atoms with E-state index < -0.39 is 5.92 Å². The fourth-order valence-corrected chi connectivity index (χ4v) is 1.43. The third-order valence-electron chi connectivity index (χ3n) is 2.19. The van der Waals surface area contributed by atoms with Crippen molar-refractivity contribution in [2.24, 2.45) is 11.7 Å². The molecule has 2 N–H and O–H groups in total. The first-order valence-corrected chi connectivity index (χ1v) is 3.65. The first kappa shape index (κ1) is 7.92. The standard InChI is InChI=1S/C7H13F2N/c1-5(10)6-2-3-7(8,9)4-6/h5-6H,2-4,10H2,1H3/t5-,6+/m1/s1. The molecule has 2 atom stereocenters. The fourth-order valence-electron chi connectivity index (χ4n) is 1.43. The zero-order chi connectivity index (χ0) is 7.78. The highest BCUT2D eigenvalue weighted by molar-refractivity contribution is 4.85. The molecule has 0 spiro atoms. The highest BCUT2D eigenvalue weighted by Gasteiger charge is 2.40. The predicted molar refractivity (Wildman–Crippen MR) is 35.9 cm³/mol. The average molecular weight is 149 g/mol. The zero-order valence-corrected chi connectivity index (χ0v) is 6.11. The maximum atomic E-state index is 12.5. The van der Waals surface area contributed by atoms with E-state index in [-0.39, 0.29) is 24.8 Å². The van der Waals surface area contributed by atoms with Crippen LogP contribution < -0.4 is 5.73 Å². The number of nitrogens with two attached hydrogens (primary N) is 1. The Hall–Kier alpha value is -0.180. The van der Waals surface area contributed by atoms with Gasteiger partial charge in [0.15, 0.2) is 0 Å². The SMILES string of the molecule is C[C@@H](N)[C@H]1CCC(F)(F)C1. The van der Waals surface area contributed by atoms with Crippen molar-refractivity contribution in [1.29, 1.82) is 0 Å². The van der Waals surface area contributed by atoms with Crippen LogP contribution in [0.2, 0.25) is 0 Å². The average Bonchev–Trinajstić information content (AvgIpc) is 2.10. The van der Waals surface area contributed by atoms with Crippen LogP contribution in [0.5, 0.6) is 0 Å². The summed E-state index contributed by atoms with van der Waals surface area (Å²) >= 11 is 0. The Morgan fingerprint density at radius 1 is 1.60 bits per heavy atom. The fraction of sp³-hybridized carbons (Fsp3) is 1.00. The van der Waals surface area contributed by atoms with Gasteiger partial charge in [0, 0.05) is 18.9 Å². The van der Waals surface area contributed by atoms with Crippen molar-refractivity contribution in [3.63, 3.8) is 0 Å². The normalized spacial score (nSPS) is 34.2. The van der Waals surface area contributed by atoms with Crippen LogP contribution >= 0.6 is 0 Å². The van der Waals surface area contributed by atoms with Crippen molar-refractivity contribution >= 4 is 0 Å². The van der Waals surface area contributed by atoms with E-state index in [2.05, 4.69) is 0 Å². The number of hydrogen-bond acceptors (Lipinski definition) is 1. The van der Waals surface area contributed by atoms with Crippen LogP contribution in [0.4, 0.5) is 8.78 Å². The summed E-state index contributed by atoms with van der Waals surface area (Å²) in [5.41, 5.74) is 5.49. The molecule has 0 radical (unpaired) electrons. The lowest BCUT2D eigenvalue weighted by Gasteiger charge is -2.13. The van der Waals surface area contributed by atoms with Crippen LogP contribution in [0.25, 0.3) is 0 Å². The Kier molecular flexibility index (Phi) is 1.95. The minimum absolute atomic E-state index is 0.00926. The minimum Gasteiger partial charge on any atom is -0.328 e. The number of halogens is 2. The molecule has 10 heavy (non-hydrogen) atoms. The molecular weight excluding hydrogens is 136 g/mol. The quantitative estimate of drug-likeness (QED) is 0.604. The Morgan fingerprint density at radius 3 is 2.40 bits per heavy atom. The van der Waals surface area contributed by atoms with Crippen LogP contribution in [0, 0.1) is 5.92 Å². The van der Waals surface area contributed by atoms with E-state index in [9.17, 15) is 8.78 Å². The van der Waals surface area contributed by atoms with Gasteiger partial charge < -0.3 is 5.73 Å². The van der Waals surface area contributed by atoms with Crippen molar-refractivity contribution in [1.82, 2.24) is 0 Å². The maximum absolute atomic E-state index is 12.5. The molecule has 0 heterocycles. The molecule has 1 aliphatic rings. The molecule has 1 rings (SSSR count). The molecule has 0 unspecified atom stereocenters. The summed E-state index contributed by atoms with van der Waals surface area (Å²) in [6.07, 6.45) is 0.606. The Balaban J connectivity index is 2.43. The van der Waals surface area contributed by atoms with E-state index in [1.54, 1.807) is 6.92 Å². The van der Waals surface area contributed by atoms with Crippen molar-refractivity contribution in [2.45, 2.75) is 38.2 Å². The molecule has 1 fully saturated rings. The van der Waals surface area contributed by atoms with Crippen LogP contribution in [-0.4, -0.2) is 12.0 Å². The largest absolute Gasteiger partial charge is 0.328 e. The summed E-state index contributed by atoms with van der Waals surface area (Å²) in [6.45, 7) is 1.80. The van der Waals surface area contributed by atoms with Gasteiger partial charge >= 0.3 is 0 Å². The lowest BCUT2D eigenvalue weighted by Crippen LogP contribution is -2.25. The zero-order valence-electron chi connectivity index (χ0n) is 6.11. The molecule has 3 heteroatoms. The summed E-state index contributed by atoms with van der Waals surface area (Å²) in [4.78, 5) is 0. The Morgan fingerprint density at radius 2 is 2.20 bits per heavy atom. The predicted octanol–water partition coefficient (Wildman–Crippen LogP) is 1.77. The second-order valence-corrected chi connectivity index (χ2v) is 3.22. The van der Waals surface area contributed by atoms with E-state index in [1.165, 1.54) is 0 Å². The van der Waals surface area contributed by atoms with Gasteiger partial charge in [-0.1, -0.05) is 0 Å². The van der Waals surface area contributed by atoms with Crippen LogP contribution in [0.1, 0.15) is 26.2 Å². The van der Waals surface area contributed by atoms with Crippen molar-refractivity contribution < 1.29 is 8.78 Å². The van der Waals surface area contributed by atoms with Crippen LogP contribution in [-0.2, 0) is 0 Å². The lowest BCUT2D eigenvalue weighted by molar-refractivity contribution is 0.00418. The van der Waals surface area contributed by atoms with Gasteiger partial charge in [-0.15, -0.1) is 0 Å². The number of alkyl halides is 2. The van der Waals surface area contributed by atoms with Gasteiger partial charge in [-0.3, -0.25) is 0 Å². The lowest BCUT2D eigenvalue weighted by atomic mass is 10.0. The summed E-state index contributed by atoms with van der Waals surface area (Å²) in [5, 5.41) is 0. The number of hydrogen-bond donors (Lipinski definition) is 1. The molecule has 0 aliphatic heterocycles. The summed E-state index contributed by atoms with van der Waals surface area (Å²) in [7, 11) is 0. The topological polar surface area (TPSA) is 26.0 Å². The number of rotatable bonds is 1. The van der Waals surface area contributed by atoms with E-state index >= 15 is 0 Å². The molecule has 0 amide bonds. The van der Waals surface area contributed by atoms with Crippen LogP contribution in [0.15, 0.2) is 0 Å². The molecular formula is C7H13F2N. The van der Waals surface area contributed by atoms with Gasteiger partial charge in [0.25, 0.3) is 0 Å². The third-order valence-corrected chi connectivity index (χ3v) is 2.19. The van der Waals surface area contributed by atoms with E-state index in [0.717, 1.165) is 0 Å². The van der Waals surface area contributed by atoms with Gasteiger partial charge in [-0.25, -0.2) is 8.78 Å². The Bertz CT molecular complexity index is 123. The highest BCUT2D eigenvalue weighted by atomic mass is 19.3. The second-order valence-electron chi connectivity index (χ2n) is 3.22. The molecule has 0 aromatic carbocycles. The van der Waals surface area contributed by atoms with Crippen LogP contribution in [0.3, 0.4) is 0 Å². The first-order valence-electron chi connectivity index (χ1n) is 3.65. The second kappa shape index (κ2) is 2.46. The van der Waals surface area contributed by atoms with Crippen molar-refractivity contribution in [3.8, 4) is 0 Å². The summed E-state index contributed by atoms with van der Waals surface area (Å²) in [6, 6.07) is -0.0756. The third kappa shape index (κ3) is 1.66. The monoisotopic (exact) mass is 149 g/mol.